The Kier molecular flexibility index (Phi) is 8.33. The van der Waals surface area contributed by atoms with Crippen molar-refractivity contribution in [1.82, 2.24) is 4.90 Å². The monoisotopic (exact) mass is 554 g/mol. The number of hydrogen-bond donors (Lipinski definition) is 4. The summed E-state index contributed by atoms with van der Waals surface area (Å²) >= 11 is 3.38. The maximum Gasteiger partial charge on any atom is 0.323 e. The van der Waals surface area contributed by atoms with Crippen LogP contribution in [0.15, 0.2) is 87.1 Å². The van der Waals surface area contributed by atoms with Crippen molar-refractivity contribution < 1.29 is 14.1 Å². The van der Waals surface area contributed by atoms with Crippen LogP contribution in [0.5, 0.6) is 0 Å². The van der Waals surface area contributed by atoms with Gasteiger partial charge in [0.05, 0.1) is 10.8 Å². The van der Waals surface area contributed by atoms with Gasteiger partial charge in [0.2, 0.25) is 0 Å². The second-order valence-corrected chi connectivity index (χ2v) is 10.8. The Morgan fingerprint density at radius 3 is 2.20 bits per heavy atom. The molecule has 4 rings (SSSR count). The third kappa shape index (κ3) is 6.56. The minimum Gasteiger partial charge on any atom is -0.396 e. The smallest absolute Gasteiger partial charge is 0.323 e. The molecule has 0 aromatic heterocycles. The second kappa shape index (κ2) is 11.6. The number of piperidine rings is 1. The second-order valence-electron chi connectivity index (χ2n) is 8.37. The molecule has 1 fully saturated rings. The zero-order valence-corrected chi connectivity index (χ0v) is 21.4. The molecule has 0 radical (unpaired) electrons. The fraction of sp³-hybridized carbons (Fsp3) is 0.231. The Balaban J connectivity index is 1.34. The van der Waals surface area contributed by atoms with Gasteiger partial charge in [0.25, 0.3) is 0 Å². The molecule has 0 saturated carbocycles. The number of aliphatic hydroxyl groups is 1. The molecule has 1 aliphatic heterocycles. The summed E-state index contributed by atoms with van der Waals surface area (Å²) in [5.41, 5.74) is 1.89. The number of nitrogens with one attached hydrogen (secondary N) is 3. The van der Waals surface area contributed by atoms with Crippen LogP contribution >= 0.6 is 15.9 Å². The van der Waals surface area contributed by atoms with E-state index in [-0.39, 0.29) is 6.61 Å². The van der Waals surface area contributed by atoms with Crippen LogP contribution in [0.2, 0.25) is 0 Å². The van der Waals surface area contributed by atoms with Crippen molar-refractivity contribution in [2.24, 2.45) is 5.92 Å². The average Bonchev–Trinajstić information content (AvgIpc) is 2.89. The largest absolute Gasteiger partial charge is 0.396 e. The van der Waals surface area contributed by atoms with Crippen LogP contribution in [-0.4, -0.2) is 45.8 Å². The zero-order valence-electron chi connectivity index (χ0n) is 19.0. The minimum absolute atomic E-state index is 0.196. The molecule has 1 unspecified atom stereocenters. The van der Waals surface area contributed by atoms with Gasteiger partial charge in [-0.2, -0.15) is 0 Å². The molecule has 1 saturated heterocycles. The lowest BCUT2D eigenvalue weighted by Crippen LogP contribution is -2.39. The van der Waals surface area contributed by atoms with Crippen LogP contribution in [0.3, 0.4) is 0 Å². The number of carbonyl (C=O) groups excluding carboxylic acids is 1. The first kappa shape index (κ1) is 25.1. The number of nitrogens with zero attached hydrogens (tertiary/aromatic N) is 1. The van der Waals surface area contributed by atoms with Crippen molar-refractivity contribution in [3.63, 3.8) is 0 Å². The summed E-state index contributed by atoms with van der Waals surface area (Å²) in [5.74, 6) is 0.727. The first-order valence-corrected chi connectivity index (χ1v) is 13.3. The van der Waals surface area contributed by atoms with E-state index in [4.69, 9.17) is 5.41 Å². The van der Waals surface area contributed by atoms with Gasteiger partial charge in [0, 0.05) is 50.9 Å². The topological polar surface area (TPSA) is 106 Å². The molecule has 4 N–H and O–H groups in total. The van der Waals surface area contributed by atoms with E-state index >= 15 is 0 Å². The van der Waals surface area contributed by atoms with E-state index < -0.39 is 16.8 Å². The number of amidine groups is 1. The Morgan fingerprint density at radius 2 is 1.57 bits per heavy atom. The molecule has 9 heteroatoms. The lowest BCUT2D eigenvalue weighted by molar-refractivity contribution is 0.166. The van der Waals surface area contributed by atoms with Gasteiger partial charge in [-0.15, -0.1) is 0 Å². The third-order valence-electron chi connectivity index (χ3n) is 5.94. The van der Waals surface area contributed by atoms with Crippen molar-refractivity contribution in [1.29, 1.82) is 5.41 Å². The molecule has 1 heterocycles. The number of carbonyl (C=O) groups is 1. The molecule has 0 aliphatic carbocycles. The number of benzene rings is 3. The number of rotatable bonds is 6. The van der Waals surface area contributed by atoms with Gasteiger partial charge in [-0.1, -0.05) is 28.1 Å². The highest BCUT2D eigenvalue weighted by Crippen LogP contribution is 2.22. The van der Waals surface area contributed by atoms with Gasteiger partial charge in [-0.05, 0) is 79.4 Å². The number of aliphatic hydroxyl groups excluding tert-OH is 1. The van der Waals surface area contributed by atoms with E-state index in [0.29, 0.717) is 32.9 Å². The Hall–Kier alpha value is -3.01. The normalized spacial score (nSPS) is 14.9. The van der Waals surface area contributed by atoms with Crippen LogP contribution in [0, 0.1) is 11.3 Å². The van der Waals surface area contributed by atoms with Gasteiger partial charge in [-0.25, -0.2) is 9.00 Å². The van der Waals surface area contributed by atoms with Crippen molar-refractivity contribution in [3.05, 3.63) is 82.8 Å². The molecule has 2 amide bonds. The van der Waals surface area contributed by atoms with Crippen LogP contribution in [0.4, 0.5) is 16.2 Å². The van der Waals surface area contributed by atoms with Gasteiger partial charge in [0.15, 0.2) is 0 Å². The fourth-order valence-electron chi connectivity index (χ4n) is 3.92. The molecule has 0 bridgehead atoms. The molecule has 182 valence electrons. The predicted octanol–water partition coefficient (Wildman–Crippen LogP) is 5.29. The standard InChI is InChI=1S/C26H27BrN4O3S/c27-20-4-8-23(9-5-20)35(34)24-10-6-21(7-11-24)29-26(33)30-22-3-1-2-19(16-22)25(28)31-14-12-18(17-32)13-15-31/h1-11,16,18,28,32H,12-15,17H2,(H2,29,30,33). The van der Waals surface area contributed by atoms with E-state index in [9.17, 15) is 14.1 Å². The summed E-state index contributed by atoms with van der Waals surface area (Å²) in [6.07, 6.45) is 1.74. The van der Waals surface area contributed by atoms with Crippen LogP contribution < -0.4 is 10.6 Å². The van der Waals surface area contributed by atoms with Crippen molar-refractivity contribution in [2.45, 2.75) is 22.6 Å². The Morgan fingerprint density at radius 1 is 0.971 bits per heavy atom. The van der Waals surface area contributed by atoms with E-state index in [2.05, 4.69) is 26.6 Å². The number of urea groups is 1. The summed E-state index contributed by atoms with van der Waals surface area (Å²) in [6.45, 7) is 1.68. The highest BCUT2D eigenvalue weighted by Gasteiger charge is 2.21. The van der Waals surface area contributed by atoms with Crippen LogP contribution in [0.1, 0.15) is 18.4 Å². The summed E-state index contributed by atoms with van der Waals surface area (Å²) < 4.78 is 13.7. The van der Waals surface area contributed by atoms with E-state index in [1.807, 2.05) is 41.3 Å². The summed E-state index contributed by atoms with van der Waals surface area (Å²) in [4.78, 5) is 15.9. The molecule has 0 spiro atoms. The molecule has 1 atom stereocenters. The van der Waals surface area contributed by atoms with Crippen LogP contribution in [-0.2, 0) is 10.8 Å². The summed E-state index contributed by atoms with van der Waals surface area (Å²) in [6, 6.07) is 21.0. The Labute approximate surface area is 215 Å². The molecular formula is C26H27BrN4O3S. The van der Waals surface area contributed by atoms with Gasteiger partial charge in [-0.3, -0.25) is 5.41 Å². The van der Waals surface area contributed by atoms with E-state index in [1.165, 1.54) is 0 Å². The van der Waals surface area contributed by atoms with Gasteiger partial charge >= 0.3 is 6.03 Å². The Bertz CT molecular complexity index is 1210. The lowest BCUT2D eigenvalue weighted by Gasteiger charge is -2.33. The molecule has 3 aromatic carbocycles. The highest BCUT2D eigenvalue weighted by atomic mass is 79.9. The molecule has 35 heavy (non-hydrogen) atoms. The average molecular weight is 555 g/mol. The molecule has 7 nitrogen and oxygen atoms in total. The third-order valence-corrected chi connectivity index (χ3v) is 7.87. The number of likely N-dealkylation sites (tertiary alicyclic amines) is 1. The number of amides is 2. The molecule has 3 aromatic rings. The first-order valence-electron chi connectivity index (χ1n) is 11.3. The SMILES string of the molecule is N=C(c1cccc(NC(=O)Nc2ccc(S(=O)c3ccc(Br)cc3)cc2)c1)N1CCC(CO)CC1. The van der Waals surface area contributed by atoms with Gasteiger partial charge in [0.1, 0.15) is 5.84 Å². The maximum atomic E-state index is 12.7. The number of hydrogen-bond acceptors (Lipinski definition) is 4. The lowest BCUT2D eigenvalue weighted by atomic mass is 9.97. The van der Waals surface area contributed by atoms with Crippen molar-refractivity contribution in [2.75, 3.05) is 30.3 Å². The van der Waals surface area contributed by atoms with E-state index in [1.54, 1.807) is 36.4 Å². The van der Waals surface area contributed by atoms with Crippen molar-refractivity contribution in [3.8, 4) is 0 Å². The maximum absolute atomic E-state index is 12.7. The minimum atomic E-state index is -1.31. The molecule has 1 aliphatic rings. The van der Waals surface area contributed by atoms with Crippen LogP contribution in [0.25, 0.3) is 0 Å². The predicted molar refractivity (Wildman–Crippen MR) is 143 cm³/mol. The first-order chi connectivity index (χ1) is 16.9. The fourth-order valence-corrected chi connectivity index (χ4v) is 5.22. The van der Waals surface area contributed by atoms with E-state index in [0.717, 1.165) is 36.0 Å². The molecular weight excluding hydrogens is 528 g/mol. The summed E-state index contributed by atoms with van der Waals surface area (Å²) in [5, 5.41) is 23.5. The highest BCUT2D eigenvalue weighted by molar-refractivity contribution is 9.10. The quantitative estimate of drug-likeness (QED) is 0.245. The zero-order chi connectivity index (χ0) is 24.8. The van der Waals surface area contributed by atoms with Crippen molar-refractivity contribution >= 4 is 50.0 Å². The summed E-state index contributed by atoms with van der Waals surface area (Å²) in [7, 11) is -1.31. The number of halogens is 1. The number of anilines is 2. The van der Waals surface area contributed by atoms with Gasteiger partial charge < -0.3 is 20.6 Å².